The van der Waals surface area contributed by atoms with Gasteiger partial charge in [-0.3, -0.25) is 4.79 Å². The fourth-order valence-corrected chi connectivity index (χ4v) is 2.30. The van der Waals surface area contributed by atoms with Crippen molar-refractivity contribution in [2.24, 2.45) is 7.05 Å². The molecule has 106 valence electrons. The zero-order valence-corrected chi connectivity index (χ0v) is 12.6. The Kier molecular flexibility index (Phi) is 4.50. The highest BCUT2D eigenvalue weighted by molar-refractivity contribution is 6.17. The Hall–Kier alpha value is -1.74. The molecule has 0 saturated carbocycles. The Morgan fingerprint density at radius 3 is 2.55 bits per heavy atom. The second-order valence-corrected chi connectivity index (χ2v) is 5.17. The van der Waals surface area contributed by atoms with Gasteiger partial charge in [0.15, 0.2) is 0 Å². The van der Waals surface area contributed by atoms with Crippen LogP contribution in [0.1, 0.15) is 19.4 Å². The minimum atomic E-state index is -0.0724. The maximum Gasteiger partial charge on any atom is 0.255 e. The summed E-state index contributed by atoms with van der Waals surface area (Å²) in [4.78, 5) is 12.2. The van der Waals surface area contributed by atoms with E-state index in [2.05, 4.69) is 0 Å². The van der Waals surface area contributed by atoms with E-state index in [9.17, 15) is 4.79 Å². The highest BCUT2D eigenvalue weighted by Gasteiger charge is 2.12. The number of pyridine rings is 1. The molecule has 0 fully saturated rings. The molecular weight excluding hydrogens is 274 g/mol. The summed E-state index contributed by atoms with van der Waals surface area (Å²) in [7, 11) is 1.75. The van der Waals surface area contributed by atoms with Gasteiger partial charge in [0.2, 0.25) is 0 Å². The van der Waals surface area contributed by atoms with Crippen LogP contribution in [0.25, 0.3) is 11.3 Å². The number of aromatic nitrogens is 1. The molecule has 0 radical (unpaired) electrons. The standard InChI is InChI=1S/C16H18ClNO2/c1-11(2)20-15-7-5-4-6-13(15)14-9-8-12(10-17)16(19)18(14)3/h4-9,11H,10H2,1-3H3. The number of nitrogens with zero attached hydrogens (tertiary/aromatic N) is 1. The van der Waals surface area contributed by atoms with E-state index in [1.54, 1.807) is 17.7 Å². The third-order valence-corrected chi connectivity index (χ3v) is 3.34. The van der Waals surface area contributed by atoms with Gasteiger partial charge in [0, 0.05) is 18.2 Å². The normalized spacial score (nSPS) is 10.8. The molecule has 0 N–H and O–H groups in total. The molecule has 2 aromatic rings. The second kappa shape index (κ2) is 6.14. The van der Waals surface area contributed by atoms with E-state index in [0.29, 0.717) is 5.56 Å². The molecule has 0 spiro atoms. The van der Waals surface area contributed by atoms with Crippen molar-refractivity contribution in [3.8, 4) is 17.0 Å². The Balaban J connectivity index is 2.58. The molecular formula is C16H18ClNO2. The van der Waals surface area contributed by atoms with E-state index in [1.807, 2.05) is 44.2 Å². The van der Waals surface area contributed by atoms with E-state index in [4.69, 9.17) is 16.3 Å². The van der Waals surface area contributed by atoms with Crippen LogP contribution < -0.4 is 10.3 Å². The predicted octanol–water partition coefficient (Wildman–Crippen LogP) is 3.58. The van der Waals surface area contributed by atoms with Gasteiger partial charge in [-0.05, 0) is 32.0 Å². The third kappa shape index (κ3) is 2.88. The molecule has 3 nitrogen and oxygen atoms in total. The fraction of sp³-hybridized carbons (Fsp3) is 0.312. The van der Waals surface area contributed by atoms with Gasteiger partial charge in [-0.2, -0.15) is 0 Å². The molecule has 1 aromatic carbocycles. The number of hydrogen-bond donors (Lipinski definition) is 0. The average molecular weight is 292 g/mol. The number of hydrogen-bond acceptors (Lipinski definition) is 2. The third-order valence-electron chi connectivity index (χ3n) is 3.05. The van der Waals surface area contributed by atoms with Crippen LogP contribution in [0, 0.1) is 0 Å². The second-order valence-electron chi connectivity index (χ2n) is 4.90. The number of halogens is 1. The monoisotopic (exact) mass is 291 g/mol. The number of para-hydroxylation sites is 1. The molecule has 0 aliphatic rings. The maximum atomic E-state index is 12.2. The molecule has 20 heavy (non-hydrogen) atoms. The lowest BCUT2D eigenvalue weighted by molar-refractivity contribution is 0.243. The summed E-state index contributed by atoms with van der Waals surface area (Å²) in [5, 5.41) is 0. The lowest BCUT2D eigenvalue weighted by atomic mass is 10.1. The van der Waals surface area contributed by atoms with Crippen LogP contribution in [0.2, 0.25) is 0 Å². The van der Waals surface area contributed by atoms with Crippen molar-refractivity contribution in [2.45, 2.75) is 25.8 Å². The van der Waals surface area contributed by atoms with E-state index < -0.39 is 0 Å². The zero-order chi connectivity index (χ0) is 14.7. The number of alkyl halides is 1. The molecule has 1 heterocycles. The zero-order valence-electron chi connectivity index (χ0n) is 11.9. The van der Waals surface area contributed by atoms with E-state index in [0.717, 1.165) is 17.0 Å². The number of ether oxygens (including phenoxy) is 1. The first-order valence-corrected chi connectivity index (χ1v) is 7.09. The highest BCUT2D eigenvalue weighted by atomic mass is 35.5. The summed E-state index contributed by atoms with van der Waals surface area (Å²) in [5.41, 5.74) is 2.25. The molecule has 0 amide bonds. The first-order valence-electron chi connectivity index (χ1n) is 6.55. The fourth-order valence-electron chi connectivity index (χ4n) is 2.09. The van der Waals surface area contributed by atoms with Crippen LogP contribution in [-0.2, 0) is 12.9 Å². The Morgan fingerprint density at radius 2 is 1.90 bits per heavy atom. The highest BCUT2D eigenvalue weighted by Crippen LogP contribution is 2.29. The Bertz CT molecular complexity index is 662. The topological polar surface area (TPSA) is 31.2 Å². The summed E-state index contributed by atoms with van der Waals surface area (Å²) in [5.74, 6) is 0.994. The van der Waals surface area contributed by atoms with Gasteiger partial charge < -0.3 is 9.30 Å². The van der Waals surface area contributed by atoms with Crippen molar-refractivity contribution in [1.82, 2.24) is 4.57 Å². The molecule has 0 unspecified atom stereocenters. The first kappa shape index (κ1) is 14.7. The Morgan fingerprint density at radius 1 is 1.20 bits per heavy atom. The predicted molar refractivity (Wildman–Crippen MR) is 82.4 cm³/mol. The van der Waals surface area contributed by atoms with Crippen molar-refractivity contribution in [3.05, 3.63) is 52.3 Å². The summed E-state index contributed by atoms with van der Waals surface area (Å²) >= 11 is 5.76. The van der Waals surface area contributed by atoms with E-state index in [-0.39, 0.29) is 17.5 Å². The lowest BCUT2D eigenvalue weighted by Gasteiger charge is -2.16. The molecule has 0 aliphatic heterocycles. The van der Waals surface area contributed by atoms with Crippen LogP contribution in [0.4, 0.5) is 0 Å². The van der Waals surface area contributed by atoms with E-state index in [1.165, 1.54) is 0 Å². The first-order chi connectivity index (χ1) is 9.54. The van der Waals surface area contributed by atoms with Gasteiger partial charge >= 0.3 is 0 Å². The molecule has 0 aliphatic carbocycles. The van der Waals surface area contributed by atoms with Gasteiger partial charge in [-0.15, -0.1) is 11.6 Å². The smallest absolute Gasteiger partial charge is 0.255 e. The van der Waals surface area contributed by atoms with Gasteiger partial charge in [-0.1, -0.05) is 18.2 Å². The van der Waals surface area contributed by atoms with Gasteiger partial charge in [0.1, 0.15) is 5.75 Å². The maximum absolute atomic E-state index is 12.2. The summed E-state index contributed by atoms with van der Waals surface area (Å²) in [6.45, 7) is 3.96. The van der Waals surface area contributed by atoms with Gasteiger partial charge in [0.25, 0.3) is 5.56 Å². The van der Waals surface area contributed by atoms with Crippen LogP contribution in [0.5, 0.6) is 5.75 Å². The van der Waals surface area contributed by atoms with Gasteiger partial charge in [0.05, 0.1) is 17.7 Å². The average Bonchev–Trinajstić information content (AvgIpc) is 2.42. The molecule has 0 saturated heterocycles. The summed E-state index contributed by atoms with van der Waals surface area (Å²) < 4.78 is 7.42. The summed E-state index contributed by atoms with van der Waals surface area (Å²) in [6, 6.07) is 11.4. The minimum absolute atomic E-state index is 0.0724. The largest absolute Gasteiger partial charge is 0.490 e. The summed E-state index contributed by atoms with van der Waals surface area (Å²) in [6.07, 6.45) is 0.0790. The van der Waals surface area contributed by atoms with Crippen LogP contribution in [-0.4, -0.2) is 10.7 Å². The molecule has 0 atom stereocenters. The van der Waals surface area contributed by atoms with E-state index >= 15 is 0 Å². The molecule has 1 aromatic heterocycles. The van der Waals surface area contributed by atoms with Crippen molar-refractivity contribution in [2.75, 3.05) is 0 Å². The molecule has 4 heteroatoms. The minimum Gasteiger partial charge on any atom is -0.490 e. The van der Waals surface area contributed by atoms with Crippen LogP contribution >= 0.6 is 11.6 Å². The van der Waals surface area contributed by atoms with Crippen molar-refractivity contribution >= 4 is 11.6 Å². The number of benzene rings is 1. The van der Waals surface area contributed by atoms with Crippen LogP contribution in [0.15, 0.2) is 41.2 Å². The SMILES string of the molecule is CC(C)Oc1ccccc1-c1ccc(CCl)c(=O)n1C. The van der Waals surface area contributed by atoms with Gasteiger partial charge in [-0.25, -0.2) is 0 Å². The van der Waals surface area contributed by atoms with Crippen molar-refractivity contribution in [3.63, 3.8) is 0 Å². The Labute approximate surface area is 123 Å². The molecule has 0 bridgehead atoms. The quantitative estimate of drug-likeness (QED) is 0.806. The molecule has 2 rings (SSSR count). The lowest BCUT2D eigenvalue weighted by Crippen LogP contribution is -2.21. The number of rotatable bonds is 4. The van der Waals surface area contributed by atoms with Crippen molar-refractivity contribution < 1.29 is 4.74 Å². The van der Waals surface area contributed by atoms with Crippen LogP contribution in [0.3, 0.4) is 0 Å². The van der Waals surface area contributed by atoms with Crippen molar-refractivity contribution in [1.29, 1.82) is 0 Å².